The van der Waals surface area contributed by atoms with E-state index in [1.807, 2.05) is 55.5 Å². The number of benzene rings is 2. The quantitative estimate of drug-likeness (QED) is 0.852. The Labute approximate surface area is 138 Å². The van der Waals surface area contributed by atoms with Crippen molar-refractivity contribution in [2.75, 3.05) is 10.6 Å². The average Bonchev–Trinajstić information content (AvgIpc) is 3.04. The van der Waals surface area contributed by atoms with Gasteiger partial charge in [-0.3, -0.25) is 4.79 Å². The Bertz CT molecular complexity index is 658. The monoisotopic (exact) mass is 308 g/mol. The molecule has 1 fully saturated rings. The molecule has 0 aliphatic heterocycles. The van der Waals surface area contributed by atoms with Crippen molar-refractivity contribution in [1.82, 2.24) is 0 Å². The molecular weight excluding hydrogens is 284 g/mol. The van der Waals surface area contributed by atoms with Crippen LogP contribution in [0.25, 0.3) is 0 Å². The first-order valence-corrected chi connectivity index (χ1v) is 8.42. The molecule has 0 atom stereocenters. The van der Waals surface area contributed by atoms with Gasteiger partial charge in [0, 0.05) is 17.4 Å². The summed E-state index contributed by atoms with van der Waals surface area (Å²) in [6.07, 6.45) is 5.58. The van der Waals surface area contributed by atoms with E-state index in [4.69, 9.17) is 0 Å². The lowest BCUT2D eigenvalue weighted by Gasteiger charge is -2.14. The van der Waals surface area contributed by atoms with Crippen LogP contribution in [0.4, 0.5) is 11.4 Å². The Morgan fingerprint density at radius 1 is 1.00 bits per heavy atom. The molecule has 3 rings (SSSR count). The summed E-state index contributed by atoms with van der Waals surface area (Å²) < 4.78 is 0. The minimum atomic E-state index is 0.0239. The lowest BCUT2D eigenvalue weighted by Crippen LogP contribution is -2.16. The fourth-order valence-electron chi connectivity index (χ4n) is 3.14. The number of nitrogens with one attached hydrogen (secondary N) is 2. The second kappa shape index (κ2) is 7.32. The standard InChI is InChI=1S/C20H24N2O/c1-15-6-2-3-7-16(15)14-20(23)22-19-12-10-18(11-13-19)21-17-8-4-5-9-17/h2-3,6-7,10-13,17,21H,4-5,8-9,14H2,1H3,(H,22,23). The number of carbonyl (C=O) groups is 1. The van der Waals surface area contributed by atoms with E-state index in [-0.39, 0.29) is 5.91 Å². The minimum absolute atomic E-state index is 0.0239. The highest BCUT2D eigenvalue weighted by Gasteiger charge is 2.14. The summed E-state index contributed by atoms with van der Waals surface area (Å²) in [5.74, 6) is 0.0239. The molecule has 0 bridgehead atoms. The van der Waals surface area contributed by atoms with E-state index in [1.54, 1.807) is 0 Å². The smallest absolute Gasteiger partial charge is 0.228 e. The van der Waals surface area contributed by atoms with Gasteiger partial charge in [0.2, 0.25) is 5.91 Å². The van der Waals surface area contributed by atoms with Crippen LogP contribution in [-0.2, 0) is 11.2 Å². The predicted molar refractivity (Wildman–Crippen MR) is 95.8 cm³/mol. The number of carbonyl (C=O) groups excluding carboxylic acids is 1. The number of aryl methyl sites for hydroxylation is 1. The molecule has 0 unspecified atom stereocenters. The van der Waals surface area contributed by atoms with Crippen molar-refractivity contribution in [3.8, 4) is 0 Å². The normalized spacial score (nSPS) is 14.7. The number of hydrogen-bond acceptors (Lipinski definition) is 2. The molecule has 3 nitrogen and oxygen atoms in total. The van der Waals surface area contributed by atoms with Gasteiger partial charge in [0.25, 0.3) is 0 Å². The van der Waals surface area contributed by atoms with Gasteiger partial charge in [-0.05, 0) is 55.2 Å². The van der Waals surface area contributed by atoms with Gasteiger partial charge in [-0.25, -0.2) is 0 Å². The second-order valence-corrected chi connectivity index (χ2v) is 6.35. The molecule has 1 aliphatic rings. The lowest BCUT2D eigenvalue weighted by atomic mass is 10.1. The summed E-state index contributed by atoms with van der Waals surface area (Å²) >= 11 is 0. The van der Waals surface area contributed by atoms with E-state index in [2.05, 4.69) is 10.6 Å². The molecule has 2 aromatic rings. The molecule has 2 aromatic carbocycles. The lowest BCUT2D eigenvalue weighted by molar-refractivity contribution is -0.115. The Balaban J connectivity index is 1.55. The first-order chi connectivity index (χ1) is 11.2. The van der Waals surface area contributed by atoms with Crippen LogP contribution in [0.15, 0.2) is 48.5 Å². The maximum Gasteiger partial charge on any atom is 0.228 e. The van der Waals surface area contributed by atoms with Gasteiger partial charge in [-0.15, -0.1) is 0 Å². The fourth-order valence-corrected chi connectivity index (χ4v) is 3.14. The fraction of sp³-hybridized carbons (Fsp3) is 0.350. The first kappa shape index (κ1) is 15.6. The third-order valence-electron chi connectivity index (χ3n) is 4.51. The predicted octanol–water partition coefficient (Wildman–Crippen LogP) is 4.53. The molecule has 1 aliphatic carbocycles. The first-order valence-electron chi connectivity index (χ1n) is 8.42. The van der Waals surface area contributed by atoms with Crippen LogP contribution in [0.2, 0.25) is 0 Å². The van der Waals surface area contributed by atoms with Crippen molar-refractivity contribution in [2.24, 2.45) is 0 Å². The second-order valence-electron chi connectivity index (χ2n) is 6.35. The molecule has 1 amide bonds. The zero-order valence-electron chi connectivity index (χ0n) is 13.6. The van der Waals surface area contributed by atoms with E-state index in [1.165, 1.54) is 25.7 Å². The molecule has 0 heterocycles. The molecular formula is C20H24N2O. The Hall–Kier alpha value is -2.29. The Morgan fingerprint density at radius 3 is 2.35 bits per heavy atom. The molecule has 0 spiro atoms. The SMILES string of the molecule is Cc1ccccc1CC(=O)Nc1ccc(NC2CCCC2)cc1. The van der Waals surface area contributed by atoms with E-state index in [0.29, 0.717) is 12.5 Å². The highest BCUT2D eigenvalue weighted by atomic mass is 16.1. The van der Waals surface area contributed by atoms with Gasteiger partial charge in [-0.2, -0.15) is 0 Å². The third-order valence-corrected chi connectivity index (χ3v) is 4.51. The molecule has 0 aromatic heterocycles. The number of amides is 1. The largest absolute Gasteiger partial charge is 0.382 e. The van der Waals surface area contributed by atoms with Crippen molar-refractivity contribution < 1.29 is 4.79 Å². The van der Waals surface area contributed by atoms with Crippen molar-refractivity contribution >= 4 is 17.3 Å². The molecule has 0 saturated heterocycles. The van der Waals surface area contributed by atoms with Gasteiger partial charge >= 0.3 is 0 Å². The number of hydrogen-bond donors (Lipinski definition) is 2. The third kappa shape index (κ3) is 4.35. The Kier molecular flexibility index (Phi) is 4.96. The Morgan fingerprint density at radius 2 is 1.65 bits per heavy atom. The van der Waals surface area contributed by atoms with E-state index < -0.39 is 0 Å². The van der Waals surface area contributed by atoms with Crippen LogP contribution in [-0.4, -0.2) is 11.9 Å². The zero-order chi connectivity index (χ0) is 16.1. The summed E-state index contributed by atoms with van der Waals surface area (Å²) in [6, 6.07) is 16.6. The molecule has 23 heavy (non-hydrogen) atoms. The number of rotatable bonds is 5. The number of anilines is 2. The van der Waals surface area contributed by atoms with Crippen LogP contribution < -0.4 is 10.6 Å². The molecule has 120 valence electrons. The summed E-state index contributed by atoms with van der Waals surface area (Å²) in [5, 5.41) is 6.53. The highest BCUT2D eigenvalue weighted by Crippen LogP contribution is 2.23. The van der Waals surface area contributed by atoms with Gasteiger partial charge in [-0.1, -0.05) is 37.1 Å². The van der Waals surface area contributed by atoms with Gasteiger partial charge < -0.3 is 10.6 Å². The minimum Gasteiger partial charge on any atom is -0.382 e. The van der Waals surface area contributed by atoms with Crippen LogP contribution in [0.3, 0.4) is 0 Å². The maximum absolute atomic E-state index is 12.2. The van der Waals surface area contributed by atoms with Crippen LogP contribution >= 0.6 is 0 Å². The van der Waals surface area contributed by atoms with Crippen LogP contribution in [0.1, 0.15) is 36.8 Å². The highest BCUT2D eigenvalue weighted by molar-refractivity contribution is 5.92. The van der Waals surface area contributed by atoms with Gasteiger partial charge in [0.1, 0.15) is 0 Å². The van der Waals surface area contributed by atoms with Crippen LogP contribution in [0, 0.1) is 6.92 Å². The topological polar surface area (TPSA) is 41.1 Å². The molecule has 2 N–H and O–H groups in total. The van der Waals surface area contributed by atoms with Crippen LogP contribution in [0.5, 0.6) is 0 Å². The summed E-state index contributed by atoms with van der Waals surface area (Å²) in [6.45, 7) is 2.03. The van der Waals surface area contributed by atoms with Crippen molar-refractivity contribution in [3.05, 3.63) is 59.7 Å². The van der Waals surface area contributed by atoms with Crippen molar-refractivity contribution in [1.29, 1.82) is 0 Å². The van der Waals surface area contributed by atoms with E-state index in [9.17, 15) is 4.79 Å². The van der Waals surface area contributed by atoms with Crippen molar-refractivity contribution in [3.63, 3.8) is 0 Å². The van der Waals surface area contributed by atoms with Gasteiger partial charge in [0.05, 0.1) is 6.42 Å². The zero-order valence-corrected chi connectivity index (χ0v) is 13.6. The molecule has 3 heteroatoms. The van der Waals surface area contributed by atoms with Gasteiger partial charge in [0.15, 0.2) is 0 Å². The average molecular weight is 308 g/mol. The summed E-state index contributed by atoms with van der Waals surface area (Å²) in [5.41, 5.74) is 4.21. The molecule has 1 saturated carbocycles. The van der Waals surface area contributed by atoms with Crippen molar-refractivity contribution in [2.45, 2.75) is 45.1 Å². The summed E-state index contributed by atoms with van der Waals surface area (Å²) in [7, 11) is 0. The molecule has 0 radical (unpaired) electrons. The maximum atomic E-state index is 12.2. The van der Waals surface area contributed by atoms with E-state index >= 15 is 0 Å². The summed E-state index contributed by atoms with van der Waals surface area (Å²) in [4.78, 5) is 12.2. The van der Waals surface area contributed by atoms with E-state index in [0.717, 1.165) is 22.5 Å².